The van der Waals surface area contributed by atoms with E-state index in [1.807, 2.05) is 17.0 Å². The molecule has 1 saturated carbocycles. The van der Waals surface area contributed by atoms with E-state index in [9.17, 15) is 4.79 Å². The van der Waals surface area contributed by atoms with Crippen molar-refractivity contribution in [2.24, 2.45) is 5.92 Å². The van der Waals surface area contributed by atoms with E-state index in [-0.39, 0.29) is 24.2 Å². The van der Waals surface area contributed by atoms with Crippen LogP contribution >= 0.6 is 0 Å². The summed E-state index contributed by atoms with van der Waals surface area (Å²) in [6, 6.07) is 5.61. The van der Waals surface area contributed by atoms with Crippen molar-refractivity contribution >= 4 is 5.91 Å². The molecule has 0 unspecified atom stereocenters. The van der Waals surface area contributed by atoms with Crippen LogP contribution in [0, 0.1) is 5.92 Å². The summed E-state index contributed by atoms with van der Waals surface area (Å²) in [5, 5.41) is 0. The average molecular weight is 330 g/mol. The lowest BCUT2D eigenvalue weighted by Gasteiger charge is -2.32. The molecule has 1 aromatic heterocycles. The number of hydrogen-bond acceptors (Lipinski definition) is 4. The van der Waals surface area contributed by atoms with Gasteiger partial charge in [-0.15, -0.1) is 0 Å². The number of amides is 1. The molecule has 5 nitrogen and oxygen atoms in total. The number of carbonyl (C=O) groups is 1. The largest absolute Gasteiger partial charge is 0.373 e. The van der Waals surface area contributed by atoms with Crippen LogP contribution in [0.1, 0.15) is 49.0 Å². The Morgan fingerprint density at radius 3 is 2.92 bits per heavy atom. The molecule has 3 aliphatic rings. The molecule has 3 atom stereocenters. The molecule has 130 valence electrons. The molecule has 3 heterocycles. The molecule has 5 heteroatoms. The van der Waals surface area contributed by atoms with Gasteiger partial charge in [0.15, 0.2) is 0 Å². The van der Waals surface area contributed by atoms with Crippen LogP contribution in [0.15, 0.2) is 24.4 Å². The number of rotatable bonds is 4. The van der Waals surface area contributed by atoms with Gasteiger partial charge in [-0.2, -0.15) is 0 Å². The van der Waals surface area contributed by atoms with E-state index >= 15 is 0 Å². The lowest BCUT2D eigenvalue weighted by Crippen LogP contribution is -2.44. The number of hydrogen-bond donors (Lipinski definition) is 0. The minimum Gasteiger partial charge on any atom is -0.373 e. The molecule has 1 aliphatic carbocycles. The number of pyridine rings is 1. The molecule has 24 heavy (non-hydrogen) atoms. The Bertz CT molecular complexity index is 559. The number of aromatic nitrogens is 1. The third-order valence-electron chi connectivity index (χ3n) is 5.64. The highest BCUT2D eigenvalue weighted by atomic mass is 16.5. The number of fused-ring (bicyclic) bond motifs is 1. The molecule has 0 aromatic carbocycles. The lowest BCUT2D eigenvalue weighted by molar-refractivity contribution is -0.0821. The SMILES string of the molecule is O=C(c1ccccn1)N1C[C@H](OCC2CCCC2)[C@H]2OCCC[C@H]21. The van der Waals surface area contributed by atoms with Gasteiger partial charge in [0.1, 0.15) is 17.9 Å². The van der Waals surface area contributed by atoms with Gasteiger partial charge in [-0.05, 0) is 43.7 Å². The van der Waals surface area contributed by atoms with Crippen molar-refractivity contribution in [1.82, 2.24) is 9.88 Å². The first-order chi connectivity index (χ1) is 11.8. The first-order valence-corrected chi connectivity index (χ1v) is 9.28. The maximum Gasteiger partial charge on any atom is 0.272 e. The summed E-state index contributed by atoms with van der Waals surface area (Å²) in [6.07, 6.45) is 8.89. The third-order valence-corrected chi connectivity index (χ3v) is 5.64. The summed E-state index contributed by atoms with van der Waals surface area (Å²) < 4.78 is 12.2. The Morgan fingerprint density at radius 2 is 2.12 bits per heavy atom. The predicted molar refractivity (Wildman–Crippen MR) is 89.7 cm³/mol. The monoisotopic (exact) mass is 330 g/mol. The van der Waals surface area contributed by atoms with Gasteiger partial charge >= 0.3 is 0 Å². The molecule has 0 N–H and O–H groups in total. The molecule has 1 aromatic rings. The molecule has 0 bridgehead atoms. The normalized spacial score (nSPS) is 30.5. The predicted octanol–water partition coefficient (Wildman–Crippen LogP) is 2.66. The van der Waals surface area contributed by atoms with Gasteiger partial charge in [0.25, 0.3) is 5.91 Å². The number of nitrogens with zero attached hydrogens (tertiary/aromatic N) is 2. The van der Waals surface area contributed by atoms with Crippen molar-refractivity contribution in [3.63, 3.8) is 0 Å². The van der Waals surface area contributed by atoms with Gasteiger partial charge in [0, 0.05) is 19.4 Å². The van der Waals surface area contributed by atoms with Crippen molar-refractivity contribution in [2.75, 3.05) is 19.8 Å². The average Bonchev–Trinajstić information content (AvgIpc) is 3.28. The number of likely N-dealkylation sites (tertiary alicyclic amines) is 1. The van der Waals surface area contributed by atoms with E-state index in [0.29, 0.717) is 18.2 Å². The summed E-state index contributed by atoms with van der Waals surface area (Å²) in [5.74, 6) is 0.690. The zero-order valence-electron chi connectivity index (χ0n) is 14.1. The Hall–Kier alpha value is -1.46. The first kappa shape index (κ1) is 16.0. The summed E-state index contributed by atoms with van der Waals surface area (Å²) in [6.45, 7) is 2.20. The van der Waals surface area contributed by atoms with E-state index < -0.39 is 0 Å². The van der Waals surface area contributed by atoms with Crippen molar-refractivity contribution in [3.05, 3.63) is 30.1 Å². The minimum atomic E-state index is 0.00284. The maximum absolute atomic E-state index is 12.9. The quantitative estimate of drug-likeness (QED) is 0.852. The third kappa shape index (κ3) is 3.20. The van der Waals surface area contributed by atoms with E-state index in [2.05, 4.69) is 4.98 Å². The number of carbonyl (C=O) groups excluding carboxylic acids is 1. The Labute approximate surface area is 143 Å². The highest BCUT2D eigenvalue weighted by molar-refractivity contribution is 5.92. The van der Waals surface area contributed by atoms with E-state index in [4.69, 9.17) is 9.47 Å². The first-order valence-electron chi connectivity index (χ1n) is 9.28. The van der Waals surface area contributed by atoms with Gasteiger partial charge in [0.05, 0.1) is 12.6 Å². The second-order valence-electron chi connectivity index (χ2n) is 7.24. The Balaban J connectivity index is 1.45. The fourth-order valence-electron chi connectivity index (χ4n) is 4.36. The van der Waals surface area contributed by atoms with Gasteiger partial charge in [0.2, 0.25) is 0 Å². The van der Waals surface area contributed by atoms with Crippen LogP contribution in [0.2, 0.25) is 0 Å². The van der Waals surface area contributed by atoms with Gasteiger partial charge in [-0.25, -0.2) is 0 Å². The fourth-order valence-corrected chi connectivity index (χ4v) is 4.36. The Kier molecular flexibility index (Phi) is 4.81. The zero-order valence-corrected chi connectivity index (χ0v) is 14.1. The van der Waals surface area contributed by atoms with Gasteiger partial charge in [-0.1, -0.05) is 18.9 Å². The van der Waals surface area contributed by atoms with Gasteiger partial charge < -0.3 is 14.4 Å². The Morgan fingerprint density at radius 1 is 1.25 bits per heavy atom. The highest BCUT2D eigenvalue weighted by Crippen LogP contribution is 2.33. The van der Waals surface area contributed by atoms with E-state index in [1.54, 1.807) is 12.3 Å². The van der Waals surface area contributed by atoms with Crippen molar-refractivity contribution in [2.45, 2.75) is 56.8 Å². The van der Waals surface area contributed by atoms with Crippen LogP contribution in [-0.4, -0.2) is 53.8 Å². The van der Waals surface area contributed by atoms with Crippen LogP contribution in [0.3, 0.4) is 0 Å². The van der Waals surface area contributed by atoms with Crippen LogP contribution in [-0.2, 0) is 9.47 Å². The van der Waals surface area contributed by atoms with Crippen LogP contribution in [0.4, 0.5) is 0 Å². The molecule has 1 amide bonds. The summed E-state index contributed by atoms with van der Waals surface area (Å²) in [5.41, 5.74) is 0.512. The number of ether oxygens (including phenoxy) is 2. The lowest BCUT2D eigenvalue weighted by atomic mass is 10.0. The second kappa shape index (κ2) is 7.19. The van der Waals surface area contributed by atoms with Gasteiger partial charge in [-0.3, -0.25) is 9.78 Å². The fraction of sp³-hybridized carbons (Fsp3) is 0.684. The summed E-state index contributed by atoms with van der Waals surface area (Å²) in [4.78, 5) is 19.0. The second-order valence-corrected chi connectivity index (χ2v) is 7.24. The molecule has 2 saturated heterocycles. The maximum atomic E-state index is 12.9. The zero-order chi connectivity index (χ0) is 16.4. The molecule has 0 radical (unpaired) electrons. The van der Waals surface area contributed by atoms with Crippen molar-refractivity contribution in [1.29, 1.82) is 0 Å². The van der Waals surface area contributed by atoms with Crippen molar-refractivity contribution < 1.29 is 14.3 Å². The molecular weight excluding hydrogens is 304 g/mol. The highest BCUT2D eigenvalue weighted by Gasteiger charge is 2.47. The molecule has 3 fully saturated rings. The van der Waals surface area contributed by atoms with Crippen LogP contribution in [0.5, 0.6) is 0 Å². The van der Waals surface area contributed by atoms with Crippen LogP contribution < -0.4 is 0 Å². The molecular formula is C19H26N2O3. The molecule has 0 spiro atoms. The topological polar surface area (TPSA) is 51.7 Å². The van der Waals surface area contributed by atoms with Crippen LogP contribution in [0.25, 0.3) is 0 Å². The standard InChI is InChI=1S/C19H26N2O3/c22-19(15-8-3-4-10-20-15)21-12-17(18-16(21)9-5-11-23-18)24-13-14-6-1-2-7-14/h3-4,8,10,14,16-18H,1-2,5-7,9,11-13H2/t16-,17+,18+/m1/s1. The van der Waals surface area contributed by atoms with Crippen molar-refractivity contribution in [3.8, 4) is 0 Å². The minimum absolute atomic E-state index is 0.00284. The molecule has 2 aliphatic heterocycles. The smallest absolute Gasteiger partial charge is 0.272 e. The summed E-state index contributed by atoms with van der Waals surface area (Å²) in [7, 11) is 0. The molecule has 4 rings (SSSR count). The van der Waals surface area contributed by atoms with E-state index in [1.165, 1.54) is 25.7 Å². The van der Waals surface area contributed by atoms with E-state index in [0.717, 1.165) is 26.1 Å². The summed E-state index contributed by atoms with van der Waals surface area (Å²) >= 11 is 0.